The Labute approximate surface area is 109 Å². The van der Waals surface area contributed by atoms with Gasteiger partial charge in [-0.05, 0) is 42.5 Å². The molecule has 3 rings (SSSR count). The Morgan fingerprint density at radius 1 is 1.41 bits per heavy atom. The Kier molecular flexibility index (Phi) is 3.53. The van der Waals surface area contributed by atoms with Gasteiger partial charge in [-0.25, -0.2) is 0 Å². The largest absolute Gasteiger partial charge is 0.306 e. The molecule has 0 aromatic carbocycles. The smallest absolute Gasteiger partial charge is 0.0445 e. The van der Waals surface area contributed by atoms with Crippen molar-refractivity contribution in [3.8, 4) is 0 Å². The summed E-state index contributed by atoms with van der Waals surface area (Å²) in [5, 5.41) is 6.17. The zero-order valence-corrected chi connectivity index (χ0v) is 11.5. The SMILES string of the molecule is CCC1CC1NC(c1cccs1)C1CCCC1. The third kappa shape index (κ3) is 2.58. The maximum Gasteiger partial charge on any atom is 0.0445 e. The topological polar surface area (TPSA) is 12.0 Å². The normalized spacial score (nSPS) is 30.6. The van der Waals surface area contributed by atoms with Crippen molar-refractivity contribution in [1.82, 2.24) is 5.32 Å². The first kappa shape index (κ1) is 11.7. The van der Waals surface area contributed by atoms with Crippen LogP contribution in [0, 0.1) is 11.8 Å². The Morgan fingerprint density at radius 3 is 2.82 bits per heavy atom. The first-order valence-corrected chi connectivity index (χ1v) is 8.06. The van der Waals surface area contributed by atoms with Crippen LogP contribution >= 0.6 is 11.3 Å². The molecule has 2 fully saturated rings. The second-order valence-electron chi connectivity index (χ2n) is 5.71. The van der Waals surface area contributed by atoms with Gasteiger partial charge in [0, 0.05) is 17.0 Å². The van der Waals surface area contributed by atoms with Crippen LogP contribution in [0.3, 0.4) is 0 Å². The Balaban J connectivity index is 1.68. The minimum atomic E-state index is 0.652. The molecule has 3 unspecified atom stereocenters. The molecule has 0 amide bonds. The molecule has 1 aromatic rings. The second kappa shape index (κ2) is 5.11. The quantitative estimate of drug-likeness (QED) is 0.817. The highest BCUT2D eigenvalue weighted by atomic mass is 32.1. The molecule has 2 aliphatic rings. The van der Waals surface area contributed by atoms with Crippen LogP contribution in [0.4, 0.5) is 0 Å². The number of thiophene rings is 1. The van der Waals surface area contributed by atoms with Gasteiger partial charge in [-0.15, -0.1) is 11.3 Å². The van der Waals surface area contributed by atoms with Crippen molar-refractivity contribution in [3.63, 3.8) is 0 Å². The van der Waals surface area contributed by atoms with E-state index in [1.54, 1.807) is 4.88 Å². The molecule has 3 atom stereocenters. The van der Waals surface area contributed by atoms with Gasteiger partial charge in [0.25, 0.3) is 0 Å². The zero-order valence-electron chi connectivity index (χ0n) is 10.7. The summed E-state index contributed by atoms with van der Waals surface area (Å²) < 4.78 is 0. The Bertz CT molecular complexity index is 340. The molecule has 0 saturated heterocycles. The van der Waals surface area contributed by atoms with Crippen molar-refractivity contribution in [1.29, 1.82) is 0 Å². The third-order valence-electron chi connectivity index (χ3n) is 4.56. The number of hydrogen-bond donors (Lipinski definition) is 1. The lowest BCUT2D eigenvalue weighted by Crippen LogP contribution is -2.29. The van der Waals surface area contributed by atoms with E-state index in [1.165, 1.54) is 38.5 Å². The lowest BCUT2D eigenvalue weighted by molar-refractivity contribution is 0.363. The fourth-order valence-electron chi connectivity index (χ4n) is 3.34. The fraction of sp³-hybridized carbons (Fsp3) is 0.733. The highest BCUT2D eigenvalue weighted by molar-refractivity contribution is 7.10. The molecular weight excluding hydrogens is 226 g/mol. The summed E-state index contributed by atoms with van der Waals surface area (Å²) in [7, 11) is 0. The lowest BCUT2D eigenvalue weighted by Gasteiger charge is -2.24. The van der Waals surface area contributed by atoms with Crippen LogP contribution < -0.4 is 5.32 Å². The van der Waals surface area contributed by atoms with E-state index in [2.05, 4.69) is 29.8 Å². The van der Waals surface area contributed by atoms with Gasteiger partial charge in [-0.3, -0.25) is 0 Å². The predicted octanol–water partition coefficient (Wildman–Crippen LogP) is 4.37. The maximum atomic E-state index is 3.95. The second-order valence-corrected chi connectivity index (χ2v) is 6.69. The van der Waals surface area contributed by atoms with Crippen LogP contribution in [0.25, 0.3) is 0 Å². The van der Waals surface area contributed by atoms with E-state index in [-0.39, 0.29) is 0 Å². The molecule has 2 aliphatic carbocycles. The first-order valence-electron chi connectivity index (χ1n) is 7.18. The molecule has 1 aromatic heterocycles. The van der Waals surface area contributed by atoms with Crippen LogP contribution in [-0.2, 0) is 0 Å². The molecule has 0 spiro atoms. The van der Waals surface area contributed by atoms with Gasteiger partial charge in [0.1, 0.15) is 0 Å². The number of rotatable bonds is 5. The van der Waals surface area contributed by atoms with Crippen molar-refractivity contribution in [2.75, 3.05) is 0 Å². The molecule has 1 nitrogen and oxygen atoms in total. The fourth-order valence-corrected chi connectivity index (χ4v) is 4.22. The van der Waals surface area contributed by atoms with Crippen LogP contribution in [-0.4, -0.2) is 6.04 Å². The molecular formula is C15H23NS. The van der Waals surface area contributed by atoms with Gasteiger partial charge in [0.15, 0.2) is 0 Å². The summed E-state index contributed by atoms with van der Waals surface area (Å²) in [5.74, 6) is 1.85. The van der Waals surface area contributed by atoms with Gasteiger partial charge in [0.05, 0.1) is 0 Å². The van der Waals surface area contributed by atoms with Crippen molar-refractivity contribution >= 4 is 11.3 Å². The van der Waals surface area contributed by atoms with Crippen molar-refractivity contribution in [2.45, 2.75) is 57.5 Å². The van der Waals surface area contributed by atoms with Crippen molar-refractivity contribution in [2.24, 2.45) is 11.8 Å². The Hall–Kier alpha value is -0.340. The van der Waals surface area contributed by atoms with Crippen molar-refractivity contribution in [3.05, 3.63) is 22.4 Å². The molecule has 0 radical (unpaired) electrons. The van der Waals surface area contributed by atoms with E-state index in [4.69, 9.17) is 0 Å². The van der Waals surface area contributed by atoms with E-state index < -0.39 is 0 Å². The number of hydrogen-bond acceptors (Lipinski definition) is 2. The van der Waals surface area contributed by atoms with Crippen LogP contribution in [0.1, 0.15) is 56.4 Å². The number of nitrogens with one attached hydrogen (secondary N) is 1. The molecule has 1 N–H and O–H groups in total. The summed E-state index contributed by atoms with van der Waals surface area (Å²) in [6.45, 7) is 2.32. The van der Waals surface area contributed by atoms with E-state index in [0.717, 1.165) is 17.9 Å². The minimum absolute atomic E-state index is 0.652. The lowest BCUT2D eigenvalue weighted by atomic mass is 9.96. The maximum absolute atomic E-state index is 3.95. The zero-order chi connectivity index (χ0) is 11.7. The van der Waals surface area contributed by atoms with Gasteiger partial charge in [0.2, 0.25) is 0 Å². The molecule has 2 saturated carbocycles. The van der Waals surface area contributed by atoms with Gasteiger partial charge < -0.3 is 5.32 Å². The van der Waals surface area contributed by atoms with E-state index in [9.17, 15) is 0 Å². The van der Waals surface area contributed by atoms with Crippen LogP contribution in [0.2, 0.25) is 0 Å². The predicted molar refractivity (Wildman–Crippen MR) is 74.3 cm³/mol. The molecule has 2 heteroatoms. The molecule has 0 bridgehead atoms. The van der Waals surface area contributed by atoms with E-state index in [0.29, 0.717) is 6.04 Å². The Morgan fingerprint density at radius 2 is 2.24 bits per heavy atom. The first-order chi connectivity index (χ1) is 8.38. The summed E-state index contributed by atoms with van der Waals surface area (Å²) in [6.07, 6.45) is 8.49. The van der Waals surface area contributed by atoms with Crippen LogP contribution in [0.5, 0.6) is 0 Å². The van der Waals surface area contributed by atoms with E-state index >= 15 is 0 Å². The highest BCUT2D eigenvalue weighted by Gasteiger charge is 2.39. The molecule has 0 aliphatic heterocycles. The standard InChI is InChI=1S/C15H23NS/c1-2-11-10-13(11)16-15(12-6-3-4-7-12)14-8-5-9-17-14/h5,8-9,11-13,15-16H,2-4,6-7,10H2,1H3. The summed E-state index contributed by atoms with van der Waals surface area (Å²) >= 11 is 1.93. The summed E-state index contributed by atoms with van der Waals surface area (Å²) in [6, 6.07) is 5.99. The van der Waals surface area contributed by atoms with E-state index in [1.807, 2.05) is 11.3 Å². The van der Waals surface area contributed by atoms with Gasteiger partial charge in [-0.1, -0.05) is 32.3 Å². The summed E-state index contributed by atoms with van der Waals surface area (Å²) in [4.78, 5) is 1.57. The molecule has 1 heterocycles. The molecule has 17 heavy (non-hydrogen) atoms. The monoisotopic (exact) mass is 249 g/mol. The summed E-state index contributed by atoms with van der Waals surface area (Å²) in [5.41, 5.74) is 0. The highest BCUT2D eigenvalue weighted by Crippen LogP contribution is 2.41. The molecule has 94 valence electrons. The average molecular weight is 249 g/mol. The van der Waals surface area contributed by atoms with Gasteiger partial charge >= 0.3 is 0 Å². The third-order valence-corrected chi connectivity index (χ3v) is 5.52. The minimum Gasteiger partial charge on any atom is -0.306 e. The van der Waals surface area contributed by atoms with Gasteiger partial charge in [-0.2, -0.15) is 0 Å². The van der Waals surface area contributed by atoms with Crippen LogP contribution in [0.15, 0.2) is 17.5 Å². The average Bonchev–Trinajstić information content (AvgIpc) is 2.82. The van der Waals surface area contributed by atoms with Crippen molar-refractivity contribution < 1.29 is 0 Å².